The van der Waals surface area contributed by atoms with Crippen LogP contribution in [-0.2, 0) is 0 Å². The zero-order valence-electron chi connectivity index (χ0n) is 18.3. The number of carbonyl (C=O) groups is 1. The van der Waals surface area contributed by atoms with E-state index in [9.17, 15) is 4.79 Å². The van der Waals surface area contributed by atoms with Gasteiger partial charge >= 0.3 is 6.03 Å². The van der Waals surface area contributed by atoms with E-state index in [2.05, 4.69) is 31.0 Å². The molecule has 0 aliphatic heterocycles. The first-order chi connectivity index (χ1) is 15.3. The molecule has 0 aliphatic rings. The third-order valence-electron chi connectivity index (χ3n) is 4.14. The predicted octanol–water partition coefficient (Wildman–Crippen LogP) is 4.13. The summed E-state index contributed by atoms with van der Waals surface area (Å²) in [5.41, 5.74) is 15.8. The Labute approximate surface area is 195 Å². The molecule has 0 aromatic heterocycles. The standard InChI is InChI=1S/C21H26N8OS2/c1-13(26-28-19(22)31-3)15-5-9-17(10-6-15)24-21(30)25-18-11-7-16(8-12-18)14(2)27-29-20(23)32-4/h5-12H,1-4H3,(H2,22,28)(H2,23,29)(H2,24,25,30). The molecule has 0 heterocycles. The van der Waals surface area contributed by atoms with Gasteiger partial charge in [-0.2, -0.15) is 10.2 Å². The summed E-state index contributed by atoms with van der Waals surface area (Å²) in [4.78, 5) is 12.3. The van der Waals surface area contributed by atoms with E-state index in [1.165, 1.54) is 23.5 Å². The Hall–Kier alpha value is -3.31. The molecule has 168 valence electrons. The van der Waals surface area contributed by atoms with Crippen LogP contribution in [0.2, 0.25) is 0 Å². The van der Waals surface area contributed by atoms with Crippen molar-refractivity contribution in [2.45, 2.75) is 13.8 Å². The van der Waals surface area contributed by atoms with Gasteiger partial charge in [-0.1, -0.05) is 47.8 Å². The summed E-state index contributed by atoms with van der Waals surface area (Å²) in [7, 11) is 0. The summed E-state index contributed by atoms with van der Waals surface area (Å²) in [5, 5.41) is 22.4. The van der Waals surface area contributed by atoms with Crippen molar-refractivity contribution in [3.63, 3.8) is 0 Å². The average Bonchev–Trinajstić information content (AvgIpc) is 2.81. The summed E-state index contributed by atoms with van der Waals surface area (Å²) in [6, 6.07) is 14.2. The summed E-state index contributed by atoms with van der Waals surface area (Å²) in [6.45, 7) is 3.68. The van der Waals surface area contributed by atoms with E-state index < -0.39 is 0 Å². The number of anilines is 2. The van der Waals surface area contributed by atoms with Crippen LogP contribution >= 0.6 is 23.5 Å². The molecule has 2 aromatic carbocycles. The van der Waals surface area contributed by atoms with Gasteiger partial charge < -0.3 is 22.1 Å². The molecule has 0 aliphatic carbocycles. The van der Waals surface area contributed by atoms with Crippen LogP contribution in [0.25, 0.3) is 0 Å². The fourth-order valence-electron chi connectivity index (χ4n) is 2.33. The molecule has 9 nitrogen and oxygen atoms in total. The largest absolute Gasteiger partial charge is 0.377 e. The van der Waals surface area contributed by atoms with Crippen molar-refractivity contribution >= 4 is 62.7 Å². The average molecular weight is 471 g/mol. The molecule has 0 bridgehead atoms. The lowest BCUT2D eigenvalue weighted by Crippen LogP contribution is -2.19. The Morgan fingerprint density at radius 1 is 0.688 bits per heavy atom. The zero-order chi connectivity index (χ0) is 23.5. The third-order valence-corrected chi connectivity index (χ3v) is 5.14. The Balaban J connectivity index is 1.96. The lowest BCUT2D eigenvalue weighted by atomic mass is 10.1. The quantitative estimate of drug-likeness (QED) is 0.285. The van der Waals surface area contributed by atoms with Crippen LogP contribution in [0.15, 0.2) is 68.9 Å². The first kappa shape index (κ1) is 25.0. The van der Waals surface area contributed by atoms with Crippen molar-refractivity contribution in [1.29, 1.82) is 0 Å². The van der Waals surface area contributed by atoms with Crippen LogP contribution < -0.4 is 22.1 Å². The maximum atomic E-state index is 12.3. The van der Waals surface area contributed by atoms with E-state index in [1.54, 1.807) is 24.3 Å². The lowest BCUT2D eigenvalue weighted by molar-refractivity contribution is 0.262. The number of carbonyl (C=O) groups excluding carboxylic acids is 1. The smallest absolute Gasteiger partial charge is 0.323 e. The van der Waals surface area contributed by atoms with Gasteiger partial charge in [-0.05, 0) is 61.8 Å². The van der Waals surface area contributed by atoms with Crippen molar-refractivity contribution in [2.24, 2.45) is 31.9 Å². The van der Waals surface area contributed by atoms with Crippen molar-refractivity contribution in [3.8, 4) is 0 Å². The number of amides is 2. The van der Waals surface area contributed by atoms with Gasteiger partial charge in [-0.3, -0.25) is 0 Å². The van der Waals surface area contributed by atoms with Crippen molar-refractivity contribution in [1.82, 2.24) is 0 Å². The number of nitrogens with zero attached hydrogens (tertiary/aromatic N) is 4. The number of hydrogen-bond donors (Lipinski definition) is 4. The van der Waals surface area contributed by atoms with Gasteiger partial charge in [0.05, 0.1) is 11.4 Å². The highest BCUT2D eigenvalue weighted by atomic mass is 32.2. The van der Waals surface area contributed by atoms with E-state index >= 15 is 0 Å². The molecular weight excluding hydrogens is 444 g/mol. The van der Waals surface area contributed by atoms with Gasteiger partial charge in [0.1, 0.15) is 0 Å². The number of hydrogen-bond acceptors (Lipinski definition) is 7. The van der Waals surface area contributed by atoms with Crippen LogP contribution in [0.4, 0.5) is 16.2 Å². The van der Waals surface area contributed by atoms with Crippen LogP contribution in [0.5, 0.6) is 0 Å². The van der Waals surface area contributed by atoms with Crippen LogP contribution in [0.3, 0.4) is 0 Å². The first-order valence-electron chi connectivity index (χ1n) is 9.44. The predicted molar refractivity (Wildman–Crippen MR) is 140 cm³/mol. The summed E-state index contributed by atoms with van der Waals surface area (Å²) < 4.78 is 0. The monoisotopic (exact) mass is 470 g/mol. The highest BCUT2D eigenvalue weighted by molar-refractivity contribution is 8.13. The molecule has 0 fully saturated rings. The molecule has 32 heavy (non-hydrogen) atoms. The minimum Gasteiger partial charge on any atom is -0.377 e. The second kappa shape index (κ2) is 12.5. The van der Waals surface area contributed by atoms with Crippen molar-refractivity contribution < 1.29 is 4.79 Å². The highest BCUT2D eigenvalue weighted by Crippen LogP contribution is 2.14. The molecule has 2 rings (SSSR count). The molecule has 6 N–H and O–H groups in total. The molecule has 0 unspecified atom stereocenters. The Bertz CT molecular complexity index is 961. The number of benzene rings is 2. The molecule has 0 atom stereocenters. The number of amidine groups is 2. The van der Waals surface area contributed by atoms with Gasteiger partial charge in [-0.25, -0.2) is 4.79 Å². The SMILES string of the molecule is CSC(N)=NN=C(C)c1ccc(NC(=O)Nc2ccc(C(C)=NN=C(N)SC)cc2)cc1. The molecule has 0 spiro atoms. The molecular formula is C21H26N8OS2. The van der Waals surface area contributed by atoms with E-state index in [0.29, 0.717) is 21.7 Å². The minimum atomic E-state index is -0.351. The molecule has 0 saturated carbocycles. The minimum absolute atomic E-state index is 0.351. The van der Waals surface area contributed by atoms with Crippen LogP contribution in [-0.4, -0.2) is 40.3 Å². The maximum absolute atomic E-state index is 12.3. The van der Waals surface area contributed by atoms with E-state index in [0.717, 1.165) is 22.6 Å². The zero-order valence-corrected chi connectivity index (χ0v) is 19.9. The third kappa shape index (κ3) is 8.08. The van der Waals surface area contributed by atoms with E-state index in [1.807, 2.05) is 50.6 Å². The fourth-order valence-corrected chi connectivity index (χ4v) is 2.57. The van der Waals surface area contributed by atoms with Gasteiger partial charge in [0, 0.05) is 11.4 Å². The summed E-state index contributed by atoms with van der Waals surface area (Å²) in [5.74, 6) is 0. The number of rotatable bonds is 6. The Kier molecular flexibility index (Phi) is 9.76. The van der Waals surface area contributed by atoms with Crippen LogP contribution in [0.1, 0.15) is 25.0 Å². The van der Waals surface area contributed by atoms with E-state index in [-0.39, 0.29) is 6.03 Å². The Morgan fingerprint density at radius 3 is 1.34 bits per heavy atom. The molecule has 2 aromatic rings. The highest BCUT2D eigenvalue weighted by Gasteiger charge is 2.05. The second-order valence-corrected chi connectivity index (χ2v) is 8.04. The van der Waals surface area contributed by atoms with Crippen LogP contribution in [0, 0.1) is 0 Å². The Morgan fingerprint density at radius 2 is 1.03 bits per heavy atom. The maximum Gasteiger partial charge on any atom is 0.323 e. The molecule has 0 radical (unpaired) electrons. The number of thioether (sulfide) groups is 2. The van der Waals surface area contributed by atoms with Gasteiger partial charge in [0.15, 0.2) is 10.3 Å². The second-order valence-electron chi connectivity index (χ2n) is 6.39. The molecule has 2 amide bonds. The summed E-state index contributed by atoms with van der Waals surface area (Å²) >= 11 is 2.66. The van der Waals surface area contributed by atoms with Gasteiger partial charge in [0.25, 0.3) is 0 Å². The molecule has 0 saturated heterocycles. The van der Waals surface area contributed by atoms with Gasteiger partial charge in [0.2, 0.25) is 0 Å². The van der Waals surface area contributed by atoms with Crippen molar-refractivity contribution in [3.05, 3.63) is 59.7 Å². The number of urea groups is 1. The van der Waals surface area contributed by atoms with Gasteiger partial charge in [-0.15, -0.1) is 10.2 Å². The summed E-state index contributed by atoms with van der Waals surface area (Å²) in [6.07, 6.45) is 3.66. The normalized spacial score (nSPS) is 13.1. The van der Waals surface area contributed by atoms with Crippen molar-refractivity contribution in [2.75, 3.05) is 23.1 Å². The first-order valence-corrected chi connectivity index (χ1v) is 11.9. The lowest BCUT2D eigenvalue weighted by Gasteiger charge is -2.09. The number of nitrogens with two attached hydrogens (primary N) is 2. The fraction of sp³-hybridized carbons (Fsp3) is 0.190. The number of nitrogens with one attached hydrogen (secondary N) is 2. The molecule has 11 heteroatoms. The topological polar surface area (TPSA) is 143 Å². The van der Waals surface area contributed by atoms with E-state index in [4.69, 9.17) is 11.5 Å².